The lowest BCUT2D eigenvalue weighted by atomic mass is 10.7. The van der Waals surface area contributed by atoms with Crippen LogP contribution in [0.3, 0.4) is 0 Å². The Bertz CT molecular complexity index is 200. The van der Waals surface area contributed by atoms with E-state index in [4.69, 9.17) is 9.29 Å². The Balaban J connectivity index is 0. The zero-order chi connectivity index (χ0) is 8.74. The third-order valence-corrected chi connectivity index (χ3v) is 1.16. The van der Waals surface area contributed by atoms with Gasteiger partial charge in [0.15, 0.2) is 0 Å². The molecule has 0 fully saturated rings. The van der Waals surface area contributed by atoms with E-state index in [0.717, 1.165) is 0 Å². The van der Waals surface area contributed by atoms with Gasteiger partial charge in [0.25, 0.3) is 0 Å². The van der Waals surface area contributed by atoms with Crippen molar-refractivity contribution < 1.29 is 21.9 Å². The molecule has 4 N–H and O–H groups in total. The first-order chi connectivity index (χ1) is 5.06. The molecule has 0 atom stereocenters. The van der Waals surface area contributed by atoms with Crippen LogP contribution in [0.1, 0.15) is 0 Å². The molecule has 0 amide bonds. The summed E-state index contributed by atoms with van der Waals surface area (Å²) in [5.74, 6) is 0. The van der Waals surface area contributed by atoms with Crippen LogP contribution in [0.15, 0.2) is 12.7 Å². The van der Waals surface area contributed by atoms with Gasteiger partial charge in [-0.15, -0.1) is 6.58 Å². The Kier molecular flexibility index (Phi) is 8.44. The summed E-state index contributed by atoms with van der Waals surface area (Å²) in [5, 5.41) is 0. The molecular weight excluding hydrogens is 186 g/mol. The van der Waals surface area contributed by atoms with Gasteiger partial charge in [0, 0.05) is 0 Å². The lowest BCUT2D eigenvalue weighted by Crippen LogP contribution is -2.09. The van der Waals surface area contributed by atoms with E-state index in [1.807, 2.05) is 0 Å². The normalized spacial score (nSPS) is 10.4. The fourth-order valence-corrected chi connectivity index (χ4v) is 0.644. The first kappa shape index (κ1) is 14.1. The fraction of sp³-hybridized carbons (Fsp3) is 0.600. The molecule has 74 valence electrons. The van der Waals surface area contributed by atoms with Gasteiger partial charge in [-0.05, 0) is 0 Å². The number of ether oxygens (including phenoxy) is 1. The predicted molar refractivity (Wildman–Crippen MR) is 43.5 cm³/mol. The lowest BCUT2D eigenvalue weighted by Gasteiger charge is -1.99. The third-order valence-electron chi connectivity index (χ3n) is 0.696. The summed E-state index contributed by atoms with van der Waals surface area (Å²) in [6.07, 6.45) is 1.52. The SMILES string of the molecule is C=CCOCCOS(=O)(=O)O.N. The summed E-state index contributed by atoms with van der Waals surface area (Å²) < 4.78 is 36.6. The highest BCUT2D eigenvalue weighted by Crippen LogP contribution is 1.85. The standard InChI is InChI=1S/C5H10O5S.H3N/c1-2-3-9-4-5-10-11(6,7)8;/h2H,1,3-5H2,(H,6,7,8);1H3. The van der Waals surface area contributed by atoms with Crippen LogP contribution in [0.5, 0.6) is 0 Å². The van der Waals surface area contributed by atoms with Crippen molar-refractivity contribution in [2.75, 3.05) is 19.8 Å². The molecule has 0 aromatic carbocycles. The Morgan fingerprint density at radius 3 is 2.42 bits per heavy atom. The van der Waals surface area contributed by atoms with Crippen molar-refractivity contribution in [3.8, 4) is 0 Å². The summed E-state index contributed by atoms with van der Waals surface area (Å²) in [7, 11) is -4.32. The van der Waals surface area contributed by atoms with E-state index in [9.17, 15) is 8.42 Å². The second-order valence-corrected chi connectivity index (χ2v) is 2.70. The van der Waals surface area contributed by atoms with Crippen LogP contribution >= 0.6 is 0 Å². The van der Waals surface area contributed by atoms with E-state index >= 15 is 0 Å². The number of hydrogen-bond donors (Lipinski definition) is 2. The van der Waals surface area contributed by atoms with Crippen molar-refractivity contribution in [3.05, 3.63) is 12.7 Å². The minimum Gasteiger partial charge on any atom is -0.375 e. The van der Waals surface area contributed by atoms with Gasteiger partial charge in [0.05, 0.1) is 19.8 Å². The number of rotatable bonds is 6. The van der Waals surface area contributed by atoms with Gasteiger partial charge >= 0.3 is 10.4 Å². The largest absolute Gasteiger partial charge is 0.397 e. The van der Waals surface area contributed by atoms with Gasteiger partial charge in [0.1, 0.15) is 0 Å². The highest BCUT2D eigenvalue weighted by molar-refractivity contribution is 7.80. The summed E-state index contributed by atoms with van der Waals surface area (Å²) in [6, 6.07) is 0. The molecule has 0 saturated carbocycles. The second kappa shape index (κ2) is 7.19. The molecule has 12 heavy (non-hydrogen) atoms. The van der Waals surface area contributed by atoms with Crippen LogP contribution in [-0.4, -0.2) is 32.8 Å². The average molecular weight is 199 g/mol. The van der Waals surface area contributed by atoms with Gasteiger partial charge < -0.3 is 10.9 Å². The van der Waals surface area contributed by atoms with Crippen molar-refractivity contribution in [1.82, 2.24) is 6.15 Å². The molecule has 0 aliphatic rings. The fourth-order valence-electron chi connectivity index (χ4n) is 0.365. The van der Waals surface area contributed by atoms with Crippen molar-refractivity contribution in [2.24, 2.45) is 0 Å². The topological polar surface area (TPSA) is 108 Å². The monoisotopic (exact) mass is 199 g/mol. The molecule has 0 bridgehead atoms. The minimum atomic E-state index is -4.32. The van der Waals surface area contributed by atoms with E-state index in [1.165, 1.54) is 6.08 Å². The molecule has 0 unspecified atom stereocenters. The van der Waals surface area contributed by atoms with Gasteiger partial charge in [-0.3, -0.25) is 4.55 Å². The summed E-state index contributed by atoms with van der Waals surface area (Å²) >= 11 is 0. The van der Waals surface area contributed by atoms with Crippen LogP contribution in [-0.2, 0) is 19.3 Å². The van der Waals surface area contributed by atoms with Crippen LogP contribution < -0.4 is 6.15 Å². The van der Waals surface area contributed by atoms with Crippen molar-refractivity contribution >= 4 is 10.4 Å². The molecule has 0 radical (unpaired) electrons. The van der Waals surface area contributed by atoms with Gasteiger partial charge in [-0.2, -0.15) is 8.42 Å². The maximum atomic E-state index is 9.92. The van der Waals surface area contributed by atoms with E-state index < -0.39 is 10.4 Å². The predicted octanol–water partition coefficient (Wildman–Crippen LogP) is 0.170. The van der Waals surface area contributed by atoms with Gasteiger partial charge in [0.2, 0.25) is 0 Å². The Morgan fingerprint density at radius 2 is 2.00 bits per heavy atom. The number of hydrogen-bond acceptors (Lipinski definition) is 5. The summed E-state index contributed by atoms with van der Waals surface area (Å²) in [6.45, 7) is 3.62. The Labute approximate surface area is 71.7 Å². The van der Waals surface area contributed by atoms with E-state index in [0.29, 0.717) is 6.61 Å². The molecule has 7 heteroatoms. The minimum absolute atomic E-state index is 0. The quantitative estimate of drug-likeness (QED) is 0.358. The summed E-state index contributed by atoms with van der Waals surface area (Å²) in [4.78, 5) is 0. The van der Waals surface area contributed by atoms with Crippen LogP contribution in [0, 0.1) is 0 Å². The molecule has 0 aromatic heterocycles. The van der Waals surface area contributed by atoms with Crippen molar-refractivity contribution in [1.29, 1.82) is 0 Å². The van der Waals surface area contributed by atoms with Gasteiger partial charge in [-0.25, -0.2) is 4.18 Å². The van der Waals surface area contributed by atoms with Crippen molar-refractivity contribution in [2.45, 2.75) is 0 Å². The van der Waals surface area contributed by atoms with Gasteiger partial charge in [-0.1, -0.05) is 6.08 Å². The smallest absolute Gasteiger partial charge is 0.375 e. The Morgan fingerprint density at radius 1 is 1.42 bits per heavy atom. The van der Waals surface area contributed by atoms with E-state index in [1.54, 1.807) is 0 Å². The molecule has 0 heterocycles. The maximum absolute atomic E-state index is 9.92. The van der Waals surface area contributed by atoms with E-state index in [2.05, 4.69) is 10.8 Å². The van der Waals surface area contributed by atoms with Crippen LogP contribution in [0.25, 0.3) is 0 Å². The first-order valence-electron chi connectivity index (χ1n) is 2.87. The Hall–Kier alpha value is -0.470. The molecule has 6 nitrogen and oxygen atoms in total. The second-order valence-electron chi connectivity index (χ2n) is 1.61. The zero-order valence-electron chi connectivity index (χ0n) is 6.60. The van der Waals surface area contributed by atoms with Crippen LogP contribution in [0.4, 0.5) is 0 Å². The average Bonchev–Trinajstić information content (AvgIpc) is 1.85. The molecule has 0 rings (SSSR count). The molecule has 0 aliphatic carbocycles. The van der Waals surface area contributed by atoms with Crippen LogP contribution in [0.2, 0.25) is 0 Å². The van der Waals surface area contributed by atoms with Crippen molar-refractivity contribution in [3.63, 3.8) is 0 Å². The molecule has 0 spiro atoms. The molecule has 0 aliphatic heterocycles. The third kappa shape index (κ3) is 12.2. The first-order valence-corrected chi connectivity index (χ1v) is 4.23. The maximum Gasteiger partial charge on any atom is 0.397 e. The molecular formula is C5H13NO5S. The zero-order valence-corrected chi connectivity index (χ0v) is 7.42. The summed E-state index contributed by atoms with van der Waals surface area (Å²) in [5.41, 5.74) is 0. The highest BCUT2D eigenvalue weighted by Gasteiger charge is 2.01. The molecule has 0 saturated heterocycles. The lowest BCUT2D eigenvalue weighted by molar-refractivity contribution is 0.117. The van der Waals surface area contributed by atoms with E-state index in [-0.39, 0.29) is 19.4 Å². The molecule has 0 aromatic rings. The highest BCUT2D eigenvalue weighted by atomic mass is 32.3.